The number of hydrogen-bond acceptors (Lipinski definition) is 5. The molecule has 0 bridgehead atoms. The van der Waals surface area contributed by atoms with Crippen molar-refractivity contribution in [3.05, 3.63) is 17.7 Å². The second kappa shape index (κ2) is 5.81. The zero-order valence-electron chi connectivity index (χ0n) is 12.0. The van der Waals surface area contributed by atoms with Crippen LogP contribution in [-0.2, 0) is 11.3 Å². The van der Waals surface area contributed by atoms with Crippen molar-refractivity contribution in [2.45, 2.75) is 31.8 Å². The molecule has 1 aromatic rings. The molecule has 0 saturated heterocycles. The third-order valence-electron chi connectivity index (χ3n) is 3.78. The Bertz CT molecular complexity index is 541. The van der Waals surface area contributed by atoms with Gasteiger partial charge in [0.25, 0.3) is 0 Å². The first-order chi connectivity index (χ1) is 10.2. The van der Waals surface area contributed by atoms with E-state index in [1.165, 1.54) is 0 Å². The Kier molecular flexibility index (Phi) is 3.88. The number of carboxylic acids is 1. The standard InChI is InChI=1S/C15H19NO5/c1-19-12-6-10(7-13-15(12)21-9-20-13)8-16(11-2-3-11)5-4-14(17)18/h6-7,11H,2-5,8-9H2,1H3,(H,17,18). The van der Waals surface area contributed by atoms with Gasteiger partial charge in [-0.05, 0) is 30.5 Å². The fourth-order valence-corrected chi connectivity index (χ4v) is 2.58. The molecule has 114 valence electrons. The minimum absolute atomic E-state index is 0.165. The van der Waals surface area contributed by atoms with E-state index in [4.69, 9.17) is 19.3 Å². The van der Waals surface area contributed by atoms with Crippen LogP contribution in [0.3, 0.4) is 0 Å². The molecule has 2 aliphatic rings. The smallest absolute Gasteiger partial charge is 0.304 e. The molecule has 1 saturated carbocycles. The van der Waals surface area contributed by atoms with Gasteiger partial charge in [0.2, 0.25) is 12.5 Å². The molecule has 21 heavy (non-hydrogen) atoms. The quantitative estimate of drug-likeness (QED) is 0.827. The van der Waals surface area contributed by atoms with Gasteiger partial charge in [-0.25, -0.2) is 0 Å². The molecule has 0 amide bonds. The minimum Gasteiger partial charge on any atom is -0.493 e. The highest BCUT2D eigenvalue weighted by molar-refractivity contribution is 5.66. The average Bonchev–Trinajstić information content (AvgIpc) is 3.20. The van der Waals surface area contributed by atoms with Gasteiger partial charge in [-0.2, -0.15) is 0 Å². The van der Waals surface area contributed by atoms with Gasteiger partial charge in [-0.1, -0.05) is 0 Å². The van der Waals surface area contributed by atoms with Crippen LogP contribution in [0.1, 0.15) is 24.8 Å². The number of fused-ring (bicyclic) bond motifs is 1. The molecule has 0 unspecified atom stereocenters. The summed E-state index contributed by atoms with van der Waals surface area (Å²) < 4.78 is 16.1. The summed E-state index contributed by atoms with van der Waals surface area (Å²) in [4.78, 5) is 13.0. The molecule has 0 aromatic heterocycles. The Hall–Kier alpha value is -1.95. The van der Waals surface area contributed by atoms with Gasteiger partial charge in [0.1, 0.15) is 0 Å². The van der Waals surface area contributed by atoms with Crippen LogP contribution in [0.5, 0.6) is 17.2 Å². The molecule has 1 heterocycles. The van der Waals surface area contributed by atoms with Crippen molar-refractivity contribution in [2.24, 2.45) is 0 Å². The summed E-state index contributed by atoms with van der Waals surface area (Å²) in [7, 11) is 1.60. The summed E-state index contributed by atoms with van der Waals surface area (Å²) in [6.45, 7) is 1.47. The number of benzene rings is 1. The van der Waals surface area contributed by atoms with E-state index < -0.39 is 5.97 Å². The molecule has 6 heteroatoms. The average molecular weight is 293 g/mol. The van der Waals surface area contributed by atoms with Gasteiger partial charge in [-0.3, -0.25) is 9.69 Å². The number of carboxylic acid groups (broad SMARTS) is 1. The van der Waals surface area contributed by atoms with Gasteiger partial charge in [0.15, 0.2) is 11.5 Å². The van der Waals surface area contributed by atoms with Crippen molar-refractivity contribution in [3.8, 4) is 17.2 Å². The van der Waals surface area contributed by atoms with Crippen molar-refractivity contribution in [3.63, 3.8) is 0 Å². The highest BCUT2D eigenvalue weighted by Gasteiger charge is 2.30. The molecule has 6 nitrogen and oxygen atoms in total. The van der Waals surface area contributed by atoms with Crippen molar-refractivity contribution >= 4 is 5.97 Å². The summed E-state index contributed by atoms with van der Waals surface area (Å²) in [6, 6.07) is 4.38. The zero-order chi connectivity index (χ0) is 14.8. The Morgan fingerprint density at radius 1 is 1.43 bits per heavy atom. The lowest BCUT2D eigenvalue weighted by Gasteiger charge is -2.21. The number of ether oxygens (including phenoxy) is 3. The highest BCUT2D eigenvalue weighted by atomic mass is 16.7. The van der Waals surface area contributed by atoms with E-state index in [-0.39, 0.29) is 13.2 Å². The van der Waals surface area contributed by atoms with Gasteiger partial charge >= 0.3 is 5.97 Å². The van der Waals surface area contributed by atoms with Gasteiger partial charge < -0.3 is 19.3 Å². The summed E-state index contributed by atoms with van der Waals surface area (Å²) in [6.07, 6.45) is 2.45. The molecule has 1 aliphatic carbocycles. The fourth-order valence-electron chi connectivity index (χ4n) is 2.58. The SMILES string of the molecule is COc1cc(CN(CCC(=O)O)C2CC2)cc2c1OCO2. The zero-order valence-corrected chi connectivity index (χ0v) is 12.0. The van der Waals surface area contributed by atoms with E-state index in [0.717, 1.165) is 18.4 Å². The molecular weight excluding hydrogens is 274 g/mol. The first-order valence-electron chi connectivity index (χ1n) is 7.09. The van der Waals surface area contributed by atoms with Crippen molar-refractivity contribution in [1.82, 2.24) is 4.90 Å². The molecule has 0 radical (unpaired) electrons. The normalized spacial score (nSPS) is 16.3. The van der Waals surface area contributed by atoms with E-state index in [2.05, 4.69) is 4.90 Å². The highest BCUT2D eigenvalue weighted by Crippen LogP contribution is 2.42. The molecular formula is C15H19NO5. The van der Waals surface area contributed by atoms with E-state index in [1.807, 2.05) is 12.1 Å². The predicted molar refractivity (Wildman–Crippen MR) is 74.8 cm³/mol. The molecule has 1 aliphatic heterocycles. The number of carbonyl (C=O) groups is 1. The van der Waals surface area contributed by atoms with Crippen molar-refractivity contribution in [1.29, 1.82) is 0 Å². The number of nitrogens with zero attached hydrogens (tertiary/aromatic N) is 1. The van der Waals surface area contributed by atoms with Gasteiger partial charge in [0, 0.05) is 19.1 Å². The molecule has 1 aromatic carbocycles. The largest absolute Gasteiger partial charge is 0.493 e. The van der Waals surface area contributed by atoms with Crippen LogP contribution in [-0.4, -0.2) is 42.5 Å². The maximum absolute atomic E-state index is 10.8. The van der Waals surface area contributed by atoms with Crippen LogP contribution in [0.2, 0.25) is 0 Å². The Balaban J connectivity index is 1.74. The maximum Gasteiger partial charge on any atom is 0.304 e. The molecule has 0 spiro atoms. The first kappa shape index (κ1) is 14.0. The van der Waals surface area contributed by atoms with Crippen LogP contribution in [0, 0.1) is 0 Å². The van der Waals surface area contributed by atoms with Gasteiger partial charge in [-0.15, -0.1) is 0 Å². The molecule has 1 fully saturated rings. The summed E-state index contributed by atoms with van der Waals surface area (Å²) in [5.74, 6) is 1.24. The number of methoxy groups -OCH3 is 1. The Labute approximate surface area is 123 Å². The van der Waals surface area contributed by atoms with Crippen LogP contribution >= 0.6 is 0 Å². The van der Waals surface area contributed by atoms with E-state index in [0.29, 0.717) is 36.4 Å². The first-order valence-corrected chi connectivity index (χ1v) is 7.09. The Morgan fingerprint density at radius 2 is 2.24 bits per heavy atom. The van der Waals surface area contributed by atoms with E-state index >= 15 is 0 Å². The van der Waals surface area contributed by atoms with Crippen molar-refractivity contribution < 1.29 is 24.1 Å². The minimum atomic E-state index is -0.760. The van der Waals surface area contributed by atoms with E-state index in [9.17, 15) is 4.79 Å². The summed E-state index contributed by atoms with van der Waals surface area (Å²) in [5.41, 5.74) is 1.05. The third kappa shape index (κ3) is 3.21. The van der Waals surface area contributed by atoms with Crippen molar-refractivity contribution in [2.75, 3.05) is 20.4 Å². The van der Waals surface area contributed by atoms with Gasteiger partial charge in [0.05, 0.1) is 13.5 Å². The maximum atomic E-state index is 10.8. The Morgan fingerprint density at radius 3 is 2.90 bits per heavy atom. The fraction of sp³-hybridized carbons (Fsp3) is 0.533. The monoisotopic (exact) mass is 293 g/mol. The topological polar surface area (TPSA) is 68.2 Å². The van der Waals surface area contributed by atoms with Crippen LogP contribution in [0.4, 0.5) is 0 Å². The second-order valence-electron chi connectivity index (χ2n) is 5.38. The number of rotatable bonds is 7. The lowest BCUT2D eigenvalue weighted by atomic mass is 10.1. The number of hydrogen-bond donors (Lipinski definition) is 1. The molecule has 0 atom stereocenters. The lowest BCUT2D eigenvalue weighted by molar-refractivity contribution is -0.137. The summed E-state index contributed by atoms with van der Waals surface area (Å²) >= 11 is 0. The summed E-state index contributed by atoms with van der Waals surface area (Å²) in [5, 5.41) is 8.86. The molecule has 1 N–H and O–H groups in total. The predicted octanol–water partition coefficient (Wildman–Crippen LogP) is 1.86. The van der Waals surface area contributed by atoms with E-state index in [1.54, 1.807) is 7.11 Å². The lowest BCUT2D eigenvalue weighted by Crippen LogP contribution is -2.28. The molecule has 3 rings (SSSR count). The van der Waals surface area contributed by atoms with Crippen LogP contribution in [0.25, 0.3) is 0 Å². The second-order valence-corrected chi connectivity index (χ2v) is 5.38. The third-order valence-corrected chi connectivity index (χ3v) is 3.78. The van der Waals surface area contributed by atoms with Crippen LogP contribution in [0.15, 0.2) is 12.1 Å². The van der Waals surface area contributed by atoms with Crippen LogP contribution < -0.4 is 14.2 Å². The number of aliphatic carboxylic acids is 1.